The molecule has 1 aromatic carbocycles. The highest BCUT2D eigenvalue weighted by atomic mass is 16.6. The monoisotopic (exact) mass is 316 g/mol. The Morgan fingerprint density at radius 2 is 2.09 bits per heavy atom. The minimum Gasteiger partial charge on any atom is -0.485 e. The zero-order valence-electron chi connectivity index (χ0n) is 13.8. The first-order valence-electron chi connectivity index (χ1n) is 7.99. The molecule has 5 nitrogen and oxygen atoms in total. The molecule has 2 aliphatic rings. The van der Waals surface area contributed by atoms with Gasteiger partial charge in [0.1, 0.15) is 17.0 Å². The molecule has 0 amide bonds. The molecular formula is C18H22NO4. The summed E-state index contributed by atoms with van der Waals surface area (Å²) >= 11 is 0. The third-order valence-electron chi connectivity index (χ3n) is 4.28. The van der Waals surface area contributed by atoms with E-state index in [0.29, 0.717) is 37.2 Å². The lowest BCUT2D eigenvalue weighted by molar-refractivity contribution is -0.166. The van der Waals surface area contributed by atoms with Crippen LogP contribution < -0.4 is 10.1 Å². The molecule has 3 rings (SSSR count). The Balaban J connectivity index is 2.02. The molecule has 123 valence electrons. The van der Waals surface area contributed by atoms with Gasteiger partial charge in [0.25, 0.3) is 0 Å². The first kappa shape index (κ1) is 16.0. The van der Waals surface area contributed by atoms with Crippen molar-refractivity contribution in [2.24, 2.45) is 5.92 Å². The number of piperidine rings is 1. The molecule has 1 unspecified atom stereocenters. The molecule has 0 aromatic heterocycles. The normalized spacial score (nSPS) is 23.1. The Morgan fingerprint density at radius 1 is 1.39 bits per heavy atom. The van der Waals surface area contributed by atoms with Crippen LogP contribution in [-0.4, -0.2) is 36.0 Å². The van der Waals surface area contributed by atoms with Crippen LogP contribution in [0.5, 0.6) is 5.75 Å². The van der Waals surface area contributed by atoms with Gasteiger partial charge in [0.15, 0.2) is 11.7 Å². The minimum atomic E-state index is -0.924. The van der Waals surface area contributed by atoms with Gasteiger partial charge in [-0.2, -0.15) is 0 Å². The number of ketones is 1. The van der Waals surface area contributed by atoms with E-state index in [4.69, 9.17) is 9.47 Å². The van der Waals surface area contributed by atoms with Crippen molar-refractivity contribution in [1.29, 1.82) is 0 Å². The van der Waals surface area contributed by atoms with Gasteiger partial charge in [-0.25, -0.2) is 0 Å². The van der Waals surface area contributed by atoms with E-state index in [0.717, 1.165) is 0 Å². The SMILES string of the molecule is CC(C)(C)OC(=O)C1C(=O)c2c[c]ccc2OC12CCNCC2. The van der Waals surface area contributed by atoms with Crippen LogP contribution in [0.4, 0.5) is 0 Å². The van der Waals surface area contributed by atoms with Crippen LogP contribution in [0.2, 0.25) is 0 Å². The summed E-state index contributed by atoms with van der Waals surface area (Å²) in [7, 11) is 0. The topological polar surface area (TPSA) is 64.6 Å². The molecule has 1 atom stereocenters. The number of hydrogen-bond acceptors (Lipinski definition) is 5. The summed E-state index contributed by atoms with van der Waals surface area (Å²) in [6, 6.07) is 7.93. The number of esters is 1. The summed E-state index contributed by atoms with van der Waals surface area (Å²) in [5.74, 6) is -1.11. The van der Waals surface area contributed by atoms with Gasteiger partial charge in [-0.3, -0.25) is 9.59 Å². The van der Waals surface area contributed by atoms with Gasteiger partial charge in [0, 0.05) is 12.8 Å². The fourth-order valence-corrected chi connectivity index (χ4v) is 3.29. The summed E-state index contributed by atoms with van der Waals surface area (Å²) in [6.07, 6.45) is 1.20. The molecule has 23 heavy (non-hydrogen) atoms. The van der Waals surface area contributed by atoms with E-state index in [1.165, 1.54) is 0 Å². The van der Waals surface area contributed by atoms with Crippen LogP contribution in [0.15, 0.2) is 18.2 Å². The molecule has 1 spiro atoms. The van der Waals surface area contributed by atoms with Crippen molar-refractivity contribution >= 4 is 11.8 Å². The zero-order valence-corrected chi connectivity index (χ0v) is 13.8. The lowest BCUT2D eigenvalue weighted by Gasteiger charge is -2.45. The third kappa shape index (κ3) is 2.98. The molecular weight excluding hydrogens is 294 g/mol. The second kappa shape index (κ2) is 5.64. The Hall–Kier alpha value is -1.88. The number of fused-ring (bicyclic) bond motifs is 1. The van der Waals surface area contributed by atoms with Crippen molar-refractivity contribution in [1.82, 2.24) is 5.32 Å². The van der Waals surface area contributed by atoms with Gasteiger partial charge >= 0.3 is 5.97 Å². The van der Waals surface area contributed by atoms with Gasteiger partial charge in [-0.1, -0.05) is 6.07 Å². The van der Waals surface area contributed by atoms with Crippen LogP contribution in [0.1, 0.15) is 44.0 Å². The van der Waals surface area contributed by atoms with Crippen LogP contribution in [-0.2, 0) is 9.53 Å². The fourth-order valence-electron chi connectivity index (χ4n) is 3.29. The number of hydrogen-bond donors (Lipinski definition) is 1. The Bertz CT molecular complexity index is 626. The largest absolute Gasteiger partial charge is 0.485 e. The maximum absolute atomic E-state index is 13.0. The molecule has 1 radical (unpaired) electrons. The van der Waals surface area contributed by atoms with Gasteiger partial charge in [-0.15, -0.1) is 0 Å². The lowest BCUT2D eigenvalue weighted by atomic mass is 9.73. The summed E-state index contributed by atoms with van der Waals surface area (Å²) in [5.41, 5.74) is -1.05. The Labute approximate surface area is 136 Å². The highest BCUT2D eigenvalue weighted by Crippen LogP contribution is 2.42. The van der Waals surface area contributed by atoms with Gasteiger partial charge in [0.2, 0.25) is 0 Å². The zero-order chi connectivity index (χ0) is 16.7. The molecule has 5 heteroatoms. The average molecular weight is 316 g/mol. The van der Waals surface area contributed by atoms with Gasteiger partial charge in [0.05, 0.1) is 5.56 Å². The summed E-state index contributed by atoms with van der Waals surface area (Å²) < 4.78 is 11.7. The second-order valence-electron chi connectivity index (χ2n) is 7.17. The Morgan fingerprint density at radius 3 is 2.74 bits per heavy atom. The van der Waals surface area contributed by atoms with E-state index < -0.39 is 23.1 Å². The number of rotatable bonds is 1. The molecule has 0 aliphatic carbocycles. The molecule has 1 saturated heterocycles. The number of Topliss-reactive ketones (excluding diaryl/α,β-unsaturated/α-hetero) is 1. The van der Waals surface area contributed by atoms with Crippen LogP contribution in [0.25, 0.3) is 0 Å². The minimum absolute atomic E-state index is 0.223. The van der Waals surface area contributed by atoms with Crippen molar-refractivity contribution < 1.29 is 19.1 Å². The fraction of sp³-hybridized carbons (Fsp3) is 0.556. The molecule has 2 heterocycles. The van der Waals surface area contributed by atoms with Crippen molar-refractivity contribution in [2.75, 3.05) is 13.1 Å². The number of carbonyl (C=O) groups is 2. The smallest absolute Gasteiger partial charge is 0.321 e. The number of nitrogens with one attached hydrogen (secondary N) is 1. The van der Waals surface area contributed by atoms with Crippen molar-refractivity contribution in [3.05, 3.63) is 29.8 Å². The molecule has 1 fully saturated rings. The van der Waals surface area contributed by atoms with Gasteiger partial charge < -0.3 is 14.8 Å². The first-order valence-corrected chi connectivity index (χ1v) is 7.99. The van der Waals surface area contributed by atoms with Crippen LogP contribution in [0, 0.1) is 12.0 Å². The summed E-state index contributed by atoms with van der Waals surface area (Å²) in [6.45, 7) is 6.82. The van der Waals surface area contributed by atoms with E-state index in [1.54, 1.807) is 39.0 Å². The predicted octanol–water partition coefficient (Wildman–Crippen LogP) is 2.14. The third-order valence-corrected chi connectivity index (χ3v) is 4.28. The molecule has 2 aliphatic heterocycles. The quantitative estimate of drug-likeness (QED) is 0.635. The van der Waals surface area contributed by atoms with Crippen molar-refractivity contribution in [3.8, 4) is 5.75 Å². The summed E-state index contributed by atoms with van der Waals surface area (Å²) in [4.78, 5) is 25.7. The maximum atomic E-state index is 13.0. The van der Waals surface area contributed by atoms with E-state index in [1.807, 2.05) is 0 Å². The molecule has 0 saturated carbocycles. The first-order chi connectivity index (χ1) is 10.8. The van der Waals surface area contributed by atoms with Crippen LogP contribution in [0.3, 0.4) is 0 Å². The molecule has 0 bridgehead atoms. The van der Waals surface area contributed by atoms with E-state index in [-0.39, 0.29) is 5.78 Å². The summed E-state index contributed by atoms with van der Waals surface area (Å²) in [5, 5.41) is 3.25. The second-order valence-corrected chi connectivity index (χ2v) is 7.17. The maximum Gasteiger partial charge on any atom is 0.321 e. The van der Waals surface area contributed by atoms with Crippen LogP contribution >= 0.6 is 0 Å². The van der Waals surface area contributed by atoms with E-state index in [2.05, 4.69) is 11.4 Å². The molecule has 1 N–H and O–H groups in total. The van der Waals surface area contributed by atoms with E-state index in [9.17, 15) is 9.59 Å². The van der Waals surface area contributed by atoms with Crippen molar-refractivity contribution in [2.45, 2.75) is 44.8 Å². The van der Waals surface area contributed by atoms with Gasteiger partial charge in [-0.05, 0) is 52.1 Å². The average Bonchev–Trinajstić information content (AvgIpc) is 2.46. The van der Waals surface area contributed by atoms with E-state index >= 15 is 0 Å². The lowest BCUT2D eigenvalue weighted by Crippen LogP contribution is -2.59. The standard InChI is InChI=1S/C18H22NO4/c1-17(2,3)23-16(21)14-15(20)12-6-4-5-7-13(12)22-18(14)8-10-19-11-9-18/h5-7,14,19H,8-11H2,1-3H3. The van der Waals surface area contributed by atoms with Crippen molar-refractivity contribution in [3.63, 3.8) is 0 Å². The highest BCUT2D eigenvalue weighted by Gasteiger charge is 2.55. The molecule has 1 aromatic rings. The Kier molecular flexibility index (Phi) is 3.92. The number of ether oxygens (including phenoxy) is 2. The predicted molar refractivity (Wildman–Crippen MR) is 84.4 cm³/mol. The number of carbonyl (C=O) groups excluding carboxylic acids is 2. The number of benzene rings is 1. The highest BCUT2D eigenvalue weighted by molar-refractivity contribution is 6.12.